The van der Waals surface area contributed by atoms with Crippen molar-refractivity contribution < 1.29 is 4.74 Å². The Morgan fingerprint density at radius 2 is 2.07 bits per heavy atom. The third-order valence-corrected chi connectivity index (χ3v) is 6.34. The molecule has 29 heavy (non-hydrogen) atoms. The average molecular weight is 401 g/mol. The highest BCUT2D eigenvalue weighted by Gasteiger charge is 2.53. The second-order valence-corrected chi connectivity index (χ2v) is 7.73. The molecule has 2 aromatic heterocycles. The van der Waals surface area contributed by atoms with Crippen LogP contribution in [0, 0.1) is 5.41 Å². The van der Waals surface area contributed by atoms with Gasteiger partial charge in [0.1, 0.15) is 5.82 Å². The van der Waals surface area contributed by atoms with E-state index in [0.717, 1.165) is 69.2 Å². The number of ether oxygens (including phenoxy) is 1. The smallest absolute Gasteiger partial charge is 0.191 e. The quantitative estimate of drug-likeness (QED) is 0.364. The zero-order valence-electron chi connectivity index (χ0n) is 18.3. The van der Waals surface area contributed by atoms with E-state index in [9.17, 15) is 0 Å². The minimum Gasteiger partial charge on any atom is -0.378 e. The predicted octanol–water partition coefficient (Wildman–Crippen LogP) is 3.20. The third kappa shape index (κ3) is 4.55. The van der Waals surface area contributed by atoms with Gasteiger partial charge in [-0.2, -0.15) is 0 Å². The van der Waals surface area contributed by atoms with Crippen LogP contribution in [0.5, 0.6) is 0 Å². The van der Waals surface area contributed by atoms with Gasteiger partial charge in [-0.1, -0.05) is 19.9 Å². The average Bonchev–Trinajstić information content (AvgIpc) is 3.14. The summed E-state index contributed by atoms with van der Waals surface area (Å²) in [5.74, 6) is 1.90. The van der Waals surface area contributed by atoms with Gasteiger partial charge in [0.2, 0.25) is 0 Å². The molecule has 0 amide bonds. The summed E-state index contributed by atoms with van der Waals surface area (Å²) in [5, 5.41) is 15.6. The monoisotopic (exact) mass is 400 g/mol. The first-order valence-corrected chi connectivity index (χ1v) is 11.1. The van der Waals surface area contributed by atoms with Crippen LogP contribution in [0.3, 0.4) is 0 Å². The van der Waals surface area contributed by atoms with Gasteiger partial charge < -0.3 is 15.4 Å². The van der Waals surface area contributed by atoms with Crippen molar-refractivity contribution in [3.63, 3.8) is 0 Å². The van der Waals surface area contributed by atoms with Gasteiger partial charge in [0.05, 0.1) is 6.10 Å². The van der Waals surface area contributed by atoms with Crippen molar-refractivity contribution in [1.82, 2.24) is 25.2 Å². The Bertz CT molecular complexity index is 797. The summed E-state index contributed by atoms with van der Waals surface area (Å²) in [5.41, 5.74) is 1.09. The lowest BCUT2D eigenvalue weighted by molar-refractivity contribution is -0.133. The number of fused-ring (bicyclic) bond motifs is 1. The van der Waals surface area contributed by atoms with Crippen molar-refractivity contribution in [1.29, 1.82) is 0 Å². The van der Waals surface area contributed by atoms with Crippen molar-refractivity contribution in [3.8, 4) is 0 Å². The summed E-state index contributed by atoms with van der Waals surface area (Å²) in [6.07, 6.45) is 7.44. The van der Waals surface area contributed by atoms with E-state index in [1.165, 1.54) is 0 Å². The van der Waals surface area contributed by atoms with E-state index in [2.05, 4.69) is 48.5 Å². The van der Waals surface area contributed by atoms with Crippen LogP contribution >= 0.6 is 0 Å². The van der Waals surface area contributed by atoms with E-state index in [4.69, 9.17) is 9.73 Å². The molecule has 1 aliphatic rings. The molecule has 0 spiro atoms. The zero-order valence-corrected chi connectivity index (χ0v) is 18.3. The molecule has 2 unspecified atom stereocenters. The van der Waals surface area contributed by atoms with Gasteiger partial charge in [0.15, 0.2) is 11.6 Å². The maximum atomic E-state index is 6.01. The van der Waals surface area contributed by atoms with Gasteiger partial charge in [0, 0.05) is 43.8 Å². The largest absolute Gasteiger partial charge is 0.378 e. The van der Waals surface area contributed by atoms with E-state index in [1.807, 2.05) is 28.8 Å². The van der Waals surface area contributed by atoms with Gasteiger partial charge >= 0.3 is 0 Å². The number of hydrogen-bond acceptors (Lipinski definition) is 4. The first-order valence-electron chi connectivity index (χ1n) is 11.1. The molecule has 3 rings (SSSR count). The number of guanidine groups is 1. The van der Waals surface area contributed by atoms with Crippen molar-refractivity contribution in [2.24, 2.45) is 10.4 Å². The van der Waals surface area contributed by atoms with Crippen LogP contribution in [0.4, 0.5) is 0 Å². The maximum Gasteiger partial charge on any atom is 0.191 e. The Kier molecular flexibility index (Phi) is 7.47. The van der Waals surface area contributed by atoms with E-state index in [0.29, 0.717) is 12.1 Å². The Labute approximate surface area is 174 Å². The lowest BCUT2D eigenvalue weighted by Gasteiger charge is -2.55. The molecule has 0 aromatic carbocycles. The SMILES string of the molecule is CCNC(=NCCCc1nnc2ccccn12)NC1CC(OCC)C1(CC)CC. The van der Waals surface area contributed by atoms with E-state index in [1.54, 1.807) is 0 Å². The highest BCUT2D eigenvalue weighted by atomic mass is 16.5. The van der Waals surface area contributed by atoms with Crippen molar-refractivity contribution in [3.05, 3.63) is 30.2 Å². The molecule has 2 heterocycles. The van der Waals surface area contributed by atoms with Gasteiger partial charge in [0.25, 0.3) is 0 Å². The fourth-order valence-corrected chi connectivity index (χ4v) is 4.56. The van der Waals surface area contributed by atoms with Gasteiger partial charge in [-0.05, 0) is 51.7 Å². The second-order valence-electron chi connectivity index (χ2n) is 7.73. The summed E-state index contributed by atoms with van der Waals surface area (Å²) < 4.78 is 8.05. The number of nitrogens with one attached hydrogen (secondary N) is 2. The molecule has 0 bridgehead atoms. The molecule has 0 radical (unpaired) electrons. The van der Waals surface area contributed by atoms with Crippen LogP contribution in [0.15, 0.2) is 29.4 Å². The van der Waals surface area contributed by atoms with Crippen molar-refractivity contribution in [2.45, 2.75) is 71.9 Å². The van der Waals surface area contributed by atoms with Crippen LogP contribution in [0.25, 0.3) is 5.65 Å². The summed E-state index contributed by atoms with van der Waals surface area (Å²) in [6, 6.07) is 6.37. The highest BCUT2D eigenvalue weighted by molar-refractivity contribution is 5.80. The van der Waals surface area contributed by atoms with Gasteiger partial charge in [-0.3, -0.25) is 9.39 Å². The van der Waals surface area contributed by atoms with E-state index in [-0.39, 0.29) is 5.41 Å². The van der Waals surface area contributed by atoms with E-state index >= 15 is 0 Å². The summed E-state index contributed by atoms with van der Waals surface area (Å²) in [6.45, 7) is 11.1. The molecule has 2 N–H and O–H groups in total. The van der Waals surface area contributed by atoms with Gasteiger partial charge in [-0.15, -0.1) is 10.2 Å². The number of rotatable bonds is 10. The Morgan fingerprint density at radius 1 is 1.24 bits per heavy atom. The maximum absolute atomic E-state index is 6.01. The van der Waals surface area contributed by atoms with Crippen LogP contribution in [-0.2, 0) is 11.2 Å². The number of pyridine rings is 1. The lowest BCUT2D eigenvalue weighted by Crippen LogP contribution is -2.65. The molecule has 1 aliphatic carbocycles. The summed E-state index contributed by atoms with van der Waals surface area (Å²) >= 11 is 0. The Hall–Kier alpha value is -2.15. The number of nitrogens with zero attached hydrogens (tertiary/aromatic N) is 4. The van der Waals surface area contributed by atoms with E-state index < -0.39 is 0 Å². The molecule has 1 fully saturated rings. The Balaban J connectivity index is 1.57. The molecule has 0 aliphatic heterocycles. The molecule has 7 nitrogen and oxygen atoms in total. The molecule has 2 aromatic rings. The van der Waals surface area contributed by atoms with Crippen molar-refractivity contribution in [2.75, 3.05) is 19.7 Å². The highest BCUT2D eigenvalue weighted by Crippen LogP contribution is 2.48. The molecular formula is C22H36N6O. The molecule has 0 saturated heterocycles. The van der Waals surface area contributed by atoms with Crippen molar-refractivity contribution >= 4 is 11.6 Å². The van der Waals surface area contributed by atoms with Crippen LogP contribution in [-0.4, -0.2) is 52.4 Å². The molecular weight excluding hydrogens is 364 g/mol. The minimum absolute atomic E-state index is 0.201. The standard InChI is InChI=1S/C22H36N6O/c1-5-22(6-2)17(16-18(22)29-8-4)25-21(23-7-3)24-14-11-13-20-27-26-19-12-9-10-15-28(19)20/h9-10,12,15,17-18H,5-8,11,13-14,16H2,1-4H3,(H2,23,24,25). The molecule has 1 saturated carbocycles. The van der Waals surface area contributed by atoms with Gasteiger partial charge in [-0.25, -0.2) is 0 Å². The Morgan fingerprint density at radius 3 is 2.79 bits per heavy atom. The fraction of sp³-hybridized carbons (Fsp3) is 0.682. The number of aliphatic imine (C=N–C) groups is 1. The number of aromatic nitrogens is 3. The molecule has 160 valence electrons. The number of hydrogen-bond donors (Lipinski definition) is 2. The normalized spacial score (nSPS) is 21.2. The number of aryl methyl sites for hydroxylation is 1. The third-order valence-electron chi connectivity index (χ3n) is 6.34. The van der Waals surface area contributed by atoms with Crippen LogP contribution in [0.1, 0.15) is 59.2 Å². The first-order chi connectivity index (χ1) is 14.2. The van der Waals surface area contributed by atoms with Crippen LogP contribution < -0.4 is 10.6 Å². The topological polar surface area (TPSA) is 75.8 Å². The summed E-state index contributed by atoms with van der Waals surface area (Å²) in [4.78, 5) is 4.82. The predicted molar refractivity (Wildman–Crippen MR) is 117 cm³/mol. The second kappa shape index (κ2) is 10.1. The lowest BCUT2D eigenvalue weighted by atomic mass is 9.58. The van der Waals surface area contributed by atoms with Crippen LogP contribution in [0.2, 0.25) is 0 Å². The first kappa shape index (κ1) is 21.6. The summed E-state index contributed by atoms with van der Waals surface area (Å²) in [7, 11) is 0. The molecule has 7 heteroatoms. The molecule has 2 atom stereocenters. The zero-order chi connectivity index (χ0) is 20.7. The minimum atomic E-state index is 0.201. The fourth-order valence-electron chi connectivity index (χ4n) is 4.56.